The normalized spacial score (nSPS) is 25.7. The zero-order chi connectivity index (χ0) is 17.8. The van der Waals surface area contributed by atoms with Gasteiger partial charge in [0.1, 0.15) is 0 Å². The van der Waals surface area contributed by atoms with Gasteiger partial charge >= 0.3 is 5.97 Å². The van der Waals surface area contributed by atoms with E-state index in [1.165, 1.54) is 0 Å². The smallest absolute Gasteiger partial charge is 0.303 e. The van der Waals surface area contributed by atoms with Crippen molar-refractivity contribution in [2.24, 2.45) is 11.8 Å². The molecule has 0 radical (unpaired) electrons. The molecule has 1 saturated carbocycles. The van der Waals surface area contributed by atoms with Crippen molar-refractivity contribution in [3.63, 3.8) is 0 Å². The number of aliphatic carboxylic acids is 1. The van der Waals surface area contributed by atoms with Crippen molar-refractivity contribution in [1.29, 1.82) is 0 Å². The molecule has 0 aromatic carbocycles. The van der Waals surface area contributed by atoms with Crippen LogP contribution in [-0.2, 0) is 4.79 Å². The van der Waals surface area contributed by atoms with Crippen LogP contribution in [0.25, 0.3) is 0 Å². The summed E-state index contributed by atoms with van der Waals surface area (Å²) in [5.41, 5.74) is 0. The topological polar surface area (TPSA) is 77.8 Å². The summed E-state index contributed by atoms with van der Waals surface area (Å²) in [6.45, 7) is 2.15. The molecule has 4 heteroatoms. The van der Waals surface area contributed by atoms with Gasteiger partial charge in [0.25, 0.3) is 0 Å². The van der Waals surface area contributed by atoms with Crippen molar-refractivity contribution in [1.82, 2.24) is 0 Å². The summed E-state index contributed by atoms with van der Waals surface area (Å²) in [6.07, 6.45) is 15.9. The van der Waals surface area contributed by atoms with Crippen LogP contribution in [0.2, 0.25) is 0 Å². The summed E-state index contributed by atoms with van der Waals surface area (Å²) in [5.74, 6) is -0.221. The van der Waals surface area contributed by atoms with Gasteiger partial charge in [0.05, 0.1) is 12.2 Å². The zero-order valence-electron chi connectivity index (χ0n) is 14.9. The second-order valence-corrected chi connectivity index (χ2v) is 6.91. The first-order valence-corrected chi connectivity index (χ1v) is 9.45. The van der Waals surface area contributed by atoms with Crippen LogP contribution in [-0.4, -0.2) is 33.5 Å². The van der Waals surface area contributed by atoms with E-state index in [1.54, 1.807) is 0 Å². The molecular formula is C20H34O4. The lowest BCUT2D eigenvalue weighted by molar-refractivity contribution is -0.137. The van der Waals surface area contributed by atoms with Crippen molar-refractivity contribution >= 4 is 5.97 Å². The Balaban J connectivity index is 2.35. The van der Waals surface area contributed by atoms with Crippen molar-refractivity contribution in [3.8, 4) is 0 Å². The predicted octanol–water partition coefficient (Wildman–Crippen LogP) is 4.07. The van der Waals surface area contributed by atoms with Crippen LogP contribution in [0.15, 0.2) is 24.3 Å². The van der Waals surface area contributed by atoms with Crippen LogP contribution >= 0.6 is 0 Å². The number of allylic oxidation sites excluding steroid dienone is 3. The first-order valence-electron chi connectivity index (χ1n) is 9.45. The van der Waals surface area contributed by atoms with Gasteiger partial charge in [-0.25, -0.2) is 0 Å². The fourth-order valence-corrected chi connectivity index (χ4v) is 3.36. The molecule has 1 rings (SSSR count). The third-order valence-electron chi connectivity index (χ3n) is 4.86. The van der Waals surface area contributed by atoms with Crippen molar-refractivity contribution in [2.45, 2.75) is 83.3 Å². The van der Waals surface area contributed by atoms with E-state index in [2.05, 4.69) is 19.1 Å². The minimum absolute atomic E-state index is 0.206. The van der Waals surface area contributed by atoms with Crippen LogP contribution in [0.3, 0.4) is 0 Å². The molecule has 4 atom stereocenters. The molecule has 0 aromatic heterocycles. The number of unbranched alkanes of at least 4 members (excludes halogenated alkanes) is 3. The Kier molecular flexibility index (Phi) is 10.7. The zero-order valence-corrected chi connectivity index (χ0v) is 14.9. The maximum absolute atomic E-state index is 10.5. The molecule has 0 amide bonds. The van der Waals surface area contributed by atoms with E-state index >= 15 is 0 Å². The van der Waals surface area contributed by atoms with Crippen LogP contribution in [0.1, 0.15) is 71.1 Å². The Bertz CT molecular complexity index is 402. The molecule has 138 valence electrons. The lowest BCUT2D eigenvalue weighted by Crippen LogP contribution is -2.17. The Morgan fingerprint density at radius 1 is 1.21 bits per heavy atom. The third kappa shape index (κ3) is 8.65. The van der Waals surface area contributed by atoms with Crippen molar-refractivity contribution in [3.05, 3.63) is 24.3 Å². The molecule has 1 aliphatic carbocycles. The molecule has 0 heterocycles. The summed E-state index contributed by atoms with van der Waals surface area (Å²) in [4.78, 5) is 10.5. The quantitative estimate of drug-likeness (QED) is 0.370. The van der Waals surface area contributed by atoms with Gasteiger partial charge in [0, 0.05) is 6.42 Å². The van der Waals surface area contributed by atoms with Crippen LogP contribution in [0, 0.1) is 11.8 Å². The summed E-state index contributed by atoms with van der Waals surface area (Å²) >= 11 is 0. The van der Waals surface area contributed by atoms with Crippen LogP contribution in [0.4, 0.5) is 0 Å². The maximum atomic E-state index is 10.5. The van der Waals surface area contributed by atoms with Gasteiger partial charge in [0.15, 0.2) is 0 Å². The minimum atomic E-state index is -0.752. The van der Waals surface area contributed by atoms with Gasteiger partial charge in [-0.2, -0.15) is 0 Å². The van der Waals surface area contributed by atoms with Gasteiger partial charge in [-0.15, -0.1) is 0 Å². The standard InChI is InChI=1S/C20H34O4/c1-2-3-6-9-17(21)14-12-16-13-15-19(22)18(16)10-7-4-5-8-11-20(23)24/h4,7,12,14,16-19,21-22H,2-3,5-6,8-11,13,15H2,1H3,(H,23,24)/b7-4+,14-12?/t16-,17-,18+,19-/m0/s1. The van der Waals surface area contributed by atoms with Crippen LogP contribution < -0.4 is 0 Å². The fraction of sp³-hybridized carbons (Fsp3) is 0.750. The highest BCUT2D eigenvalue weighted by molar-refractivity contribution is 5.66. The highest BCUT2D eigenvalue weighted by Crippen LogP contribution is 2.36. The molecule has 1 fully saturated rings. The summed E-state index contributed by atoms with van der Waals surface area (Å²) in [5, 5.41) is 28.8. The van der Waals surface area contributed by atoms with E-state index < -0.39 is 5.97 Å². The summed E-state index contributed by atoms with van der Waals surface area (Å²) in [6, 6.07) is 0. The minimum Gasteiger partial charge on any atom is -0.481 e. The molecule has 1 aliphatic rings. The number of carbonyl (C=O) groups is 1. The Hall–Kier alpha value is -1.13. The molecule has 24 heavy (non-hydrogen) atoms. The number of aliphatic hydroxyl groups is 2. The van der Waals surface area contributed by atoms with E-state index in [-0.39, 0.29) is 24.5 Å². The van der Waals surface area contributed by atoms with Gasteiger partial charge in [-0.3, -0.25) is 4.79 Å². The Morgan fingerprint density at radius 2 is 2.00 bits per heavy atom. The van der Waals surface area contributed by atoms with Gasteiger partial charge < -0.3 is 15.3 Å². The number of rotatable bonds is 12. The number of hydrogen-bond acceptors (Lipinski definition) is 3. The van der Waals surface area contributed by atoms with Crippen molar-refractivity contribution in [2.75, 3.05) is 0 Å². The molecule has 0 spiro atoms. The summed E-state index contributed by atoms with van der Waals surface area (Å²) < 4.78 is 0. The average molecular weight is 338 g/mol. The Morgan fingerprint density at radius 3 is 2.71 bits per heavy atom. The lowest BCUT2D eigenvalue weighted by atomic mass is 9.90. The molecule has 0 aliphatic heterocycles. The van der Waals surface area contributed by atoms with Gasteiger partial charge in [0.2, 0.25) is 0 Å². The molecule has 3 N–H and O–H groups in total. The van der Waals surface area contributed by atoms with E-state index in [0.29, 0.717) is 12.3 Å². The molecular weight excluding hydrogens is 304 g/mol. The molecule has 0 unspecified atom stereocenters. The Labute approximate surface area is 146 Å². The average Bonchev–Trinajstić information content (AvgIpc) is 2.89. The number of carboxylic acids is 1. The SMILES string of the molecule is CCCCC[C@H](O)C=C[C@H]1CC[C@H](O)[C@@H]1C/C=C/CCCC(=O)O. The molecule has 0 bridgehead atoms. The van der Waals surface area contributed by atoms with E-state index in [0.717, 1.165) is 51.4 Å². The monoisotopic (exact) mass is 338 g/mol. The van der Waals surface area contributed by atoms with E-state index in [1.807, 2.05) is 12.2 Å². The second-order valence-electron chi connectivity index (χ2n) is 6.91. The first-order chi connectivity index (χ1) is 11.5. The highest BCUT2D eigenvalue weighted by Gasteiger charge is 2.32. The third-order valence-corrected chi connectivity index (χ3v) is 4.86. The molecule has 0 aromatic rings. The first kappa shape index (κ1) is 20.9. The largest absolute Gasteiger partial charge is 0.481 e. The van der Waals surface area contributed by atoms with Crippen LogP contribution in [0.5, 0.6) is 0 Å². The van der Waals surface area contributed by atoms with E-state index in [9.17, 15) is 15.0 Å². The molecule has 0 saturated heterocycles. The number of aliphatic hydroxyl groups excluding tert-OH is 2. The van der Waals surface area contributed by atoms with Gasteiger partial charge in [-0.05, 0) is 50.4 Å². The summed E-state index contributed by atoms with van der Waals surface area (Å²) in [7, 11) is 0. The predicted molar refractivity (Wildman–Crippen MR) is 96.8 cm³/mol. The number of hydrogen-bond donors (Lipinski definition) is 3. The molecule has 4 nitrogen and oxygen atoms in total. The van der Waals surface area contributed by atoms with Gasteiger partial charge in [-0.1, -0.05) is 50.5 Å². The van der Waals surface area contributed by atoms with Crippen molar-refractivity contribution < 1.29 is 20.1 Å². The van der Waals surface area contributed by atoms with E-state index in [4.69, 9.17) is 5.11 Å². The fourth-order valence-electron chi connectivity index (χ4n) is 3.36. The highest BCUT2D eigenvalue weighted by atomic mass is 16.4. The lowest BCUT2D eigenvalue weighted by Gasteiger charge is -2.18. The second kappa shape index (κ2) is 12.3. The number of carboxylic acid groups (broad SMARTS) is 1. The maximum Gasteiger partial charge on any atom is 0.303 e.